The molecule has 0 saturated heterocycles. The van der Waals surface area contributed by atoms with Crippen LogP contribution in [0.4, 0.5) is 5.82 Å². The Morgan fingerprint density at radius 1 is 1.42 bits per heavy atom. The minimum atomic E-state index is -0.898. The summed E-state index contributed by atoms with van der Waals surface area (Å²) in [6.45, 7) is 2.90. The molecule has 0 saturated carbocycles. The highest BCUT2D eigenvalue weighted by atomic mass is 32.2. The molecule has 0 radical (unpaired) electrons. The molecule has 1 heterocycles. The average molecular weight is 282 g/mol. The molecule has 1 aromatic heterocycles. The normalized spacial score (nSPS) is 10.4. The van der Waals surface area contributed by atoms with E-state index in [-0.39, 0.29) is 0 Å². The van der Waals surface area contributed by atoms with Crippen LogP contribution >= 0.6 is 11.8 Å². The van der Waals surface area contributed by atoms with Crippen LogP contribution in [0, 0.1) is 0 Å². The van der Waals surface area contributed by atoms with Gasteiger partial charge in [-0.3, -0.25) is 0 Å². The SMILES string of the molecule is CCCc1cc(C(=O)O)cc(NCCCCSC)n1. The molecular weight excluding hydrogens is 260 g/mol. The van der Waals surface area contributed by atoms with Crippen molar-refractivity contribution in [2.45, 2.75) is 32.6 Å². The number of pyridine rings is 1. The van der Waals surface area contributed by atoms with E-state index >= 15 is 0 Å². The number of aromatic carboxylic acids is 1. The van der Waals surface area contributed by atoms with Crippen LogP contribution in [-0.4, -0.2) is 34.6 Å². The molecule has 0 aliphatic rings. The van der Waals surface area contributed by atoms with Crippen molar-refractivity contribution in [3.05, 3.63) is 23.4 Å². The number of carboxylic acids is 1. The molecule has 0 aliphatic heterocycles. The zero-order valence-electron chi connectivity index (χ0n) is 11.6. The number of aryl methyl sites for hydroxylation is 1. The summed E-state index contributed by atoms with van der Waals surface area (Å²) in [6.07, 6.45) is 6.10. The van der Waals surface area contributed by atoms with E-state index in [9.17, 15) is 4.79 Å². The smallest absolute Gasteiger partial charge is 0.335 e. The first-order valence-electron chi connectivity index (χ1n) is 6.64. The van der Waals surface area contributed by atoms with E-state index in [1.807, 2.05) is 11.8 Å². The number of aromatic nitrogens is 1. The molecule has 5 heteroatoms. The quantitative estimate of drug-likeness (QED) is 0.681. The van der Waals surface area contributed by atoms with Gasteiger partial charge in [0.05, 0.1) is 5.56 Å². The summed E-state index contributed by atoms with van der Waals surface area (Å²) in [5, 5.41) is 12.3. The van der Waals surface area contributed by atoms with Crippen LogP contribution in [0.2, 0.25) is 0 Å². The summed E-state index contributed by atoms with van der Waals surface area (Å²) in [6, 6.07) is 3.26. The molecule has 19 heavy (non-hydrogen) atoms. The fourth-order valence-corrected chi connectivity index (χ4v) is 2.27. The van der Waals surface area contributed by atoms with E-state index in [1.54, 1.807) is 12.1 Å². The van der Waals surface area contributed by atoms with Gasteiger partial charge in [0.2, 0.25) is 0 Å². The van der Waals surface area contributed by atoms with Gasteiger partial charge in [0.1, 0.15) is 5.82 Å². The molecule has 0 aliphatic carbocycles. The number of nitrogens with zero attached hydrogens (tertiary/aromatic N) is 1. The van der Waals surface area contributed by atoms with Crippen molar-refractivity contribution in [1.82, 2.24) is 4.98 Å². The van der Waals surface area contributed by atoms with Gasteiger partial charge in [-0.05, 0) is 43.4 Å². The first-order chi connectivity index (χ1) is 9.17. The Bertz CT molecular complexity index is 410. The third-order valence-electron chi connectivity index (χ3n) is 2.71. The second kappa shape index (κ2) is 8.80. The van der Waals surface area contributed by atoms with Crippen molar-refractivity contribution in [3.63, 3.8) is 0 Å². The summed E-state index contributed by atoms with van der Waals surface area (Å²) in [4.78, 5) is 15.5. The fraction of sp³-hybridized carbons (Fsp3) is 0.571. The van der Waals surface area contributed by atoms with Gasteiger partial charge < -0.3 is 10.4 Å². The molecule has 1 rings (SSSR count). The summed E-state index contributed by atoms with van der Waals surface area (Å²) >= 11 is 1.84. The number of thioether (sulfide) groups is 1. The van der Waals surface area contributed by atoms with Gasteiger partial charge in [-0.15, -0.1) is 0 Å². The number of hydrogen-bond acceptors (Lipinski definition) is 4. The lowest BCUT2D eigenvalue weighted by atomic mass is 10.1. The molecule has 0 bridgehead atoms. The predicted octanol–water partition coefficient (Wildman–Crippen LogP) is 3.29. The van der Waals surface area contributed by atoms with E-state index in [1.165, 1.54) is 0 Å². The molecule has 4 nitrogen and oxygen atoms in total. The van der Waals surface area contributed by atoms with E-state index in [0.717, 1.165) is 43.7 Å². The monoisotopic (exact) mass is 282 g/mol. The average Bonchev–Trinajstić information content (AvgIpc) is 2.38. The van der Waals surface area contributed by atoms with Crippen molar-refractivity contribution in [2.24, 2.45) is 0 Å². The third-order valence-corrected chi connectivity index (χ3v) is 3.41. The Labute approximate surface area is 119 Å². The maximum atomic E-state index is 11.1. The number of nitrogens with one attached hydrogen (secondary N) is 1. The first kappa shape index (κ1) is 15.8. The van der Waals surface area contributed by atoms with Crippen LogP contribution in [-0.2, 0) is 6.42 Å². The minimum Gasteiger partial charge on any atom is -0.478 e. The topological polar surface area (TPSA) is 62.2 Å². The number of anilines is 1. The van der Waals surface area contributed by atoms with Crippen LogP contribution in [0.3, 0.4) is 0 Å². The summed E-state index contributed by atoms with van der Waals surface area (Å²) in [5.41, 5.74) is 1.15. The minimum absolute atomic E-state index is 0.310. The van der Waals surface area contributed by atoms with Gasteiger partial charge in [0.15, 0.2) is 0 Å². The molecule has 0 aromatic carbocycles. The van der Waals surface area contributed by atoms with Gasteiger partial charge in [0.25, 0.3) is 0 Å². The van der Waals surface area contributed by atoms with Crippen LogP contribution in [0.15, 0.2) is 12.1 Å². The van der Waals surface area contributed by atoms with Gasteiger partial charge in [-0.2, -0.15) is 11.8 Å². The zero-order valence-corrected chi connectivity index (χ0v) is 12.4. The molecule has 1 aromatic rings. The molecule has 0 amide bonds. The Morgan fingerprint density at radius 3 is 2.84 bits per heavy atom. The zero-order chi connectivity index (χ0) is 14.1. The number of carbonyl (C=O) groups is 1. The van der Waals surface area contributed by atoms with Gasteiger partial charge in [0, 0.05) is 12.2 Å². The second-order valence-electron chi connectivity index (χ2n) is 4.41. The number of carboxylic acid groups (broad SMARTS) is 1. The molecule has 0 unspecified atom stereocenters. The molecule has 0 spiro atoms. The lowest BCUT2D eigenvalue weighted by Gasteiger charge is -2.08. The summed E-state index contributed by atoms with van der Waals surface area (Å²) < 4.78 is 0. The first-order valence-corrected chi connectivity index (χ1v) is 8.03. The van der Waals surface area contributed by atoms with E-state index in [0.29, 0.717) is 11.4 Å². The third kappa shape index (κ3) is 5.96. The van der Waals surface area contributed by atoms with Crippen molar-refractivity contribution in [1.29, 1.82) is 0 Å². The summed E-state index contributed by atoms with van der Waals surface area (Å²) in [7, 11) is 0. The Balaban J connectivity index is 2.62. The number of rotatable bonds is 9. The van der Waals surface area contributed by atoms with Crippen LogP contribution in [0.1, 0.15) is 42.2 Å². The van der Waals surface area contributed by atoms with Crippen molar-refractivity contribution in [2.75, 3.05) is 23.9 Å². The Kier molecular flexibility index (Phi) is 7.33. The maximum absolute atomic E-state index is 11.1. The molecule has 0 atom stereocenters. The fourth-order valence-electron chi connectivity index (χ4n) is 1.77. The Hall–Kier alpha value is -1.23. The van der Waals surface area contributed by atoms with Crippen LogP contribution in [0.5, 0.6) is 0 Å². The van der Waals surface area contributed by atoms with Crippen LogP contribution < -0.4 is 5.32 Å². The van der Waals surface area contributed by atoms with Crippen LogP contribution in [0.25, 0.3) is 0 Å². The standard InChI is InChI=1S/C14H22N2O2S/c1-3-6-12-9-11(14(17)18)10-13(16-12)15-7-4-5-8-19-2/h9-10H,3-8H2,1-2H3,(H,15,16)(H,17,18). The van der Waals surface area contributed by atoms with Crippen molar-refractivity contribution >= 4 is 23.5 Å². The highest BCUT2D eigenvalue weighted by Crippen LogP contribution is 2.12. The highest BCUT2D eigenvalue weighted by Gasteiger charge is 2.07. The molecule has 106 valence electrons. The maximum Gasteiger partial charge on any atom is 0.335 e. The molecule has 2 N–H and O–H groups in total. The largest absolute Gasteiger partial charge is 0.478 e. The second-order valence-corrected chi connectivity index (χ2v) is 5.40. The lowest BCUT2D eigenvalue weighted by molar-refractivity contribution is 0.0696. The van der Waals surface area contributed by atoms with Crippen molar-refractivity contribution < 1.29 is 9.90 Å². The molecular formula is C14H22N2O2S. The van der Waals surface area contributed by atoms with E-state index < -0.39 is 5.97 Å². The highest BCUT2D eigenvalue weighted by molar-refractivity contribution is 7.98. The number of hydrogen-bond donors (Lipinski definition) is 2. The Morgan fingerprint density at radius 2 is 2.21 bits per heavy atom. The van der Waals surface area contributed by atoms with E-state index in [2.05, 4.69) is 23.5 Å². The van der Waals surface area contributed by atoms with Gasteiger partial charge >= 0.3 is 5.97 Å². The number of unbranched alkanes of at least 4 members (excludes halogenated alkanes) is 1. The van der Waals surface area contributed by atoms with Crippen molar-refractivity contribution in [3.8, 4) is 0 Å². The summed E-state index contributed by atoms with van der Waals surface area (Å²) in [5.74, 6) is 0.934. The van der Waals surface area contributed by atoms with Gasteiger partial charge in [-0.25, -0.2) is 9.78 Å². The lowest BCUT2D eigenvalue weighted by Crippen LogP contribution is -2.08. The van der Waals surface area contributed by atoms with Gasteiger partial charge in [-0.1, -0.05) is 13.3 Å². The van der Waals surface area contributed by atoms with E-state index in [4.69, 9.17) is 5.11 Å². The molecule has 0 fully saturated rings. The predicted molar refractivity (Wildman–Crippen MR) is 81.3 cm³/mol.